The van der Waals surface area contributed by atoms with Crippen molar-refractivity contribution in [3.63, 3.8) is 0 Å². The van der Waals surface area contributed by atoms with Crippen molar-refractivity contribution < 1.29 is 12.3 Å². The van der Waals surface area contributed by atoms with Crippen LogP contribution in [0.25, 0.3) is 0 Å². The van der Waals surface area contributed by atoms with Gasteiger partial charge in [-0.15, -0.1) is 3.89 Å². The highest BCUT2D eigenvalue weighted by atomic mass is 79.9. The van der Waals surface area contributed by atoms with Gasteiger partial charge in [0.25, 0.3) is 0 Å². The second-order valence-corrected chi connectivity index (χ2v) is 4.43. The molecule has 0 fully saturated rings. The molecule has 0 saturated heterocycles. The lowest BCUT2D eigenvalue weighted by Crippen LogP contribution is -1.98. The summed E-state index contributed by atoms with van der Waals surface area (Å²) in [5, 5.41) is 0. The Kier molecular flexibility index (Phi) is 2.79. The quantitative estimate of drug-likeness (QED) is 0.754. The van der Waals surface area contributed by atoms with Crippen molar-refractivity contribution in [2.45, 2.75) is 5.75 Å². The van der Waals surface area contributed by atoms with E-state index in [9.17, 15) is 12.3 Å². The van der Waals surface area contributed by atoms with Crippen molar-refractivity contribution in [3.8, 4) is 0 Å². The van der Waals surface area contributed by atoms with Gasteiger partial charge in [-0.3, -0.25) is 4.98 Å². The predicted octanol–water partition coefficient (Wildman–Crippen LogP) is 1.64. The van der Waals surface area contributed by atoms with E-state index in [4.69, 9.17) is 0 Å². The Bertz CT molecular complexity index is 362. The van der Waals surface area contributed by atoms with Crippen LogP contribution in [0.5, 0.6) is 0 Å². The monoisotopic (exact) mass is 253 g/mol. The summed E-state index contributed by atoms with van der Waals surface area (Å²) in [7, 11) is -4.47. The molecule has 0 aromatic carbocycles. The van der Waals surface area contributed by atoms with Gasteiger partial charge < -0.3 is 0 Å². The van der Waals surface area contributed by atoms with Crippen LogP contribution in [0, 0.1) is 0 Å². The first-order valence-electron chi connectivity index (χ1n) is 3.00. The molecule has 3 nitrogen and oxygen atoms in total. The maximum Gasteiger partial charge on any atom is 0.308 e. The zero-order valence-electron chi connectivity index (χ0n) is 5.87. The van der Waals surface area contributed by atoms with Gasteiger partial charge in [0.15, 0.2) is 0 Å². The second-order valence-electron chi connectivity index (χ2n) is 2.15. The van der Waals surface area contributed by atoms with E-state index in [-0.39, 0.29) is 5.69 Å². The molecule has 1 rings (SSSR count). The number of aromatic nitrogens is 1. The lowest BCUT2D eigenvalue weighted by molar-refractivity contribution is 0.550. The van der Waals surface area contributed by atoms with Crippen LogP contribution in [0.1, 0.15) is 5.69 Å². The van der Waals surface area contributed by atoms with Crippen molar-refractivity contribution in [1.29, 1.82) is 0 Å². The van der Waals surface area contributed by atoms with Crippen molar-refractivity contribution in [3.05, 3.63) is 28.5 Å². The van der Waals surface area contributed by atoms with E-state index in [0.29, 0.717) is 0 Å². The minimum atomic E-state index is -4.47. The Morgan fingerprint density at radius 3 is 2.58 bits per heavy atom. The van der Waals surface area contributed by atoms with Crippen LogP contribution in [0.15, 0.2) is 22.8 Å². The van der Waals surface area contributed by atoms with E-state index in [1.54, 1.807) is 6.07 Å². The van der Waals surface area contributed by atoms with Crippen molar-refractivity contribution >= 4 is 26.2 Å². The van der Waals surface area contributed by atoms with Crippen LogP contribution >= 0.6 is 15.9 Å². The molecule has 0 aliphatic rings. The smallest absolute Gasteiger partial charge is 0.259 e. The summed E-state index contributed by atoms with van der Waals surface area (Å²) in [4.78, 5) is 3.70. The highest BCUT2D eigenvalue weighted by Crippen LogP contribution is 2.09. The second kappa shape index (κ2) is 3.49. The minimum Gasteiger partial charge on any atom is -0.259 e. The van der Waals surface area contributed by atoms with Gasteiger partial charge in [-0.2, -0.15) is 8.42 Å². The number of halogens is 2. The first-order chi connectivity index (χ1) is 5.47. The molecule has 0 unspecified atom stereocenters. The summed E-state index contributed by atoms with van der Waals surface area (Å²) >= 11 is 3.12. The van der Waals surface area contributed by atoms with Crippen LogP contribution in [0.2, 0.25) is 0 Å². The molecule has 0 aliphatic heterocycles. The fourth-order valence-corrected chi connectivity index (χ4v) is 1.43. The Balaban J connectivity index is 2.85. The molecule has 66 valence electrons. The molecule has 1 heterocycles. The first-order valence-corrected chi connectivity index (χ1v) is 5.35. The molecule has 0 saturated carbocycles. The standard InChI is InChI=1S/C6H5BrFNO2S/c7-5-1-2-6(9-3-5)4-12(8,10)11/h1-3H,4H2. The van der Waals surface area contributed by atoms with E-state index in [0.717, 1.165) is 4.47 Å². The van der Waals surface area contributed by atoms with Gasteiger partial charge in [-0.25, -0.2) is 0 Å². The van der Waals surface area contributed by atoms with E-state index in [1.165, 1.54) is 12.3 Å². The van der Waals surface area contributed by atoms with Crippen LogP contribution in [-0.4, -0.2) is 13.4 Å². The summed E-state index contributed by atoms with van der Waals surface area (Å²) in [5.74, 6) is -0.666. The van der Waals surface area contributed by atoms with Gasteiger partial charge in [0.2, 0.25) is 0 Å². The zero-order chi connectivity index (χ0) is 9.19. The Hall–Kier alpha value is -0.490. The van der Waals surface area contributed by atoms with E-state index in [1.807, 2.05) is 0 Å². The van der Waals surface area contributed by atoms with Gasteiger partial charge in [0.05, 0.1) is 5.69 Å². The number of hydrogen-bond donors (Lipinski definition) is 0. The molecular weight excluding hydrogens is 249 g/mol. The van der Waals surface area contributed by atoms with Crippen LogP contribution in [0.3, 0.4) is 0 Å². The van der Waals surface area contributed by atoms with Crippen LogP contribution < -0.4 is 0 Å². The van der Waals surface area contributed by atoms with Gasteiger partial charge in [-0.05, 0) is 28.1 Å². The third-order valence-electron chi connectivity index (χ3n) is 1.11. The molecule has 0 radical (unpaired) electrons. The van der Waals surface area contributed by atoms with E-state index >= 15 is 0 Å². The molecule has 6 heteroatoms. The molecule has 0 aliphatic carbocycles. The number of hydrogen-bond acceptors (Lipinski definition) is 3. The van der Waals surface area contributed by atoms with Gasteiger partial charge in [0.1, 0.15) is 5.75 Å². The Morgan fingerprint density at radius 1 is 1.50 bits per heavy atom. The minimum absolute atomic E-state index is 0.195. The lowest BCUT2D eigenvalue weighted by Gasteiger charge is -1.95. The molecule has 0 N–H and O–H groups in total. The Labute approximate surface area is 78.0 Å². The first kappa shape index (κ1) is 9.60. The van der Waals surface area contributed by atoms with Crippen LogP contribution in [0.4, 0.5) is 3.89 Å². The number of pyridine rings is 1. The van der Waals surface area contributed by atoms with Gasteiger partial charge in [-0.1, -0.05) is 0 Å². The topological polar surface area (TPSA) is 47.0 Å². The van der Waals surface area contributed by atoms with Gasteiger partial charge in [0, 0.05) is 10.7 Å². The molecule has 0 bridgehead atoms. The van der Waals surface area contributed by atoms with Crippen molar-refractivity contribution in [2.75, 3.05) is 0 Å². The highest BCUT2D eigenvalue weighted by Gasteiger charge is 2.09. The molecule has 12 heavy (non-hydrogen) atoms. The third-order valence-corrected chi connectivity index (χ3v) is 2.22. The summed E-state index contributed by atoms with van der Waals surface area (Å²) in [5.41, 5.74) is 0.195. The van der Waals surface area contributed by atoms with E-state index < -0.39 is 16.0 Å². The molecule has 0 amide bonds. The lowest BCUT2D eigenvalue weighted by atomic mass is 10.4. The SMILES string of the molecule is O=S(=O)(F)Cc1ccc(Br)cn1. The molecule has 0 atom stereocenters. The maximum absolute atomic E-state index is 12.1. The highest BCUT2D eigenvalue weighted by molar-refractivity contribution is 9.10. The number of rotatable bonds is 2. The molecule has 1 aromatic heterocycles. The normalized spacial score (nSPS) is 11.5. The van der Waals surface area contributed by atoms with Gasteiger partial charge >= 0.3 is 10.2 Å². The Morgan fingerprint density at radius 2 is 2.17 bits per heavy atom. The van der Waals surface area contributed by atoms with Crippen LogP contribution in [-0.2, 0) is 16.0 Å². The summed E-state index contributed by atoms with van der Waals surface area (Å²) in [6.07, 6.45) is 1.42. The van der Waals surface area contributed by atoms with Crippen molar-refractivity contribution in [1.82, 2.24) is 4.98 Å². The summed E-state index contributed by atoms with van der Waals surface area (Å²) < 4.78 is 33.2. The average molecular weight is 254 g/mol. The summed E-state index contributed by atoms with van der Waals surface area (Å²) in [6, 6.07) is 3.05. The fraction of sp³-hybridized carbons (Fsp3) is 0.167. The largest absolute Gasteiger partial charge is 0.308 e. The van der Waals surface area contributed by atoms with Crippen molar-refractivity contribution in [2.24, 2.45) is 0 Å². The number of nitrogens with zero attached hydrogens (tertiary/aromatic N) is 1. The molecule has 0 spiro atoms. The third kappa shape index (κ3) is 3.27. The zero-order valence-corrected chi connectivity index (χ0v) is 8.27. The predicted molar refractivity (Wildman–Crippen MR) is 45.7 cm³/mol. The summed E-state index contributed by atoms with van der Waals surface area (Å²) in [6.45, 7) is 0. The molecular formula is C6H5BrFNO2S. The fourth-order valence-electron chi connectivity index (χ4n) is 0.668. The molecule has 1 aromatic rings. The average Bonchev–Trinajstić information content (AvgIpc) is 1.91. The maximum atomic E-state index is 12.1. The van der Waals surface area contributed by atoms with E-state index in [2.05, 4.69) is 20.9 Å².